The molecule has 0 heterocycles. The van der Waals surface area contributed by atoms with Gasteiger partial charge in [-0.15, -0.1) is 0 Å². The van der Waals surface area contributed by atoms with Gasteiger partial charge in [0.15, 0.2) is 5.78 Å². The molecule has 2 heteroatoms. The lowest BCUT2D eigenvalue weighted by Crippen LogP contribution is -2.11. The van der Waals surface area contributed by atoms with Crippen LogP contribution in [0.1, 0.15) is 87.1 Å². The third kappa shape index (κ3) is 4.79. The second kappa shape index (κ2) is 8.26. The second-order valence-corrected chi connectivity index (χ2v) is 6.82. The van der Waals surface area contributed by atoms with Crippen molar-refractivity contribution in [1.29, 1.82) is 0 Å². The van der Waals surface area contributed by atoms with Crippen LogP contribution in [0.3, 0.4) is 0 Å². The van der Waals surface area contributed by atoms with E-state index in [9.17, 15) is 9.59 Å². The van der Waals surface area contributed by atoms with E-state index in [0.29, 0.717) is 17.9 Å². The number of unbranched alkanes of at least 4 members (excludes halogenated alkanes) is 1. The summed E-state index contributed by atoms with van der Waals surface area (Å²) in [5, 5.41) is 0. The number of hydrogen-bond donors (Lipinski definition) is 0. The molecule has 0 aromatic heterocycles. The summed E-state index contributed by atoms with van der Waals surface area (Å²) in [6, 6.07) is 7.99. The first kappa shape index (κ1) is 16.9. The van der Waals surface area contributed by atoms with Gasteiger partial charge in [0.2, 0.25) is 0 Å². The Bertz CT molecular complexity index is 493. The molecule has 0 bridgehead atoms. The van der Waals surface area contributed by atoms with E-state index in [1.807, 2.05) is 12.1 Å². The first-order valence-electron chi connectivity index (χ1n) is 8.75. The molecule has 2 rings (SSSR count). The van der Waals surface area contributed by atoms with Crippen LogP contribution in [-0.4, -0.2) is 11.6 Å². The number of carbonyl (C=O) groups excluding carboxylic acids is 2. The predicted molar refractivity (Wildman–Crippen MR) is 90.3 cm³/mol. The fourth-order valence-electron chi connectivity index (χ4n) is 3.28. The maximum absolute atomic E-state index is 12.1. The molecule has 0 amide bonds. The Morgan fingerprint density at radius 2 is 1.68 bits per heavy atom. The Labute approximate surface area is 134 Å². The van der Waals surface area contributed by atoms with Crippen LogP contribution in [0, 0.1) is 5.92 Å². The molecule has 1 aliphatic carbocycles. The maximum Gasteiger partial charge on any atom is 0.170 e. The first-order valence-corrected chi connectivity index (χ1v) is 8.75. The van der Waals surface area contributed by atoms with Crippen LogP contribution in [0.25, 0.3) is 0 Å². The fourth-order valence-corrected chi connectivity index (χ4v) is 3.28. The number of benzene rings is 1. The van der Waals surface area contributed by atoms with Gasteiger partial charge < -0.3 is 0 Å². The quantitative estimate of drug-likeness (QED) is 0.505. The van der Waals surface area contributed by atoms with Gasteiger partial charge in [-0.1, -0.05) is 57.4 Å². The summed E-state index contributed by atoms with van der Waals surface area (Å²) in [5.41, 5.74) is 2.03. The molecule has 1 fully saturated rings. The molecule has 2 nitrogen and oxygen atoms in total. The molecule has 0 unspecified atom stereocenters. The first-order chi connectivity index (χ1) is 10.6. The number of ketones is 2. The molecule has 0 N–H and O–H groups in total. The van der Waals surface area contributed by atoms with Crippen molar-refractivity contribution < 1.29 is 9.59 Å². The molecule has 0 spiro atoms. The molecular weight excluding hydrogens is 272 g/mol. The van der Waals surface area contributed by atoms with Gasteiger partial charge in [0, 0.05) is 12.0 Å². The van der Waals surface area contributed by atoms with E-state index in [1.54, 1.807) is 0 Å². The highest BCUT2D eigenvalue weighted by Gasteiger charge is 2.20. The molecule has 22 heavy (non-hydrogen) atoms. The van der Waals surface area contributed by atoms with Crippen molar-refractivity contribution >= 4 is 11.6 Å². The molecular formula is C20H28O2. The van der Waals surface area contributed by atoms with Crippen molar-refractivity contribution in [2.75, 3.05) is 0 Å². The largest absolute Gasteiger partial charge is 0.299 e. The van der Waals surface area contributed by atoms with E-state index in [2.05, 4.69) is 26.0 Å². The Balaban J connectivity index is 1.91. The average Bonchev–Trinajstić information content (AvgIpc) is 2.54. The van der Waals surface area contributed by atoms with Crippen LogP contribution >= 0.6 is 0 Å². The lowest BCUT2D eigenvalue weighted by Gasteiger charge is -2.26. The average molecular weight is 300 g/mol. The number of rotatable bonds is 7. The minimum Gasteiger partial charge on any atom is -0.299 e. The van der Waals surface area contributed by atoms with Gasteiger partial charge in [0.1, 0.15) is 5.78 Å². The zero-order valence-electron chi connectivity index (χ0n) is 13.9. The highest BCUT2D eigenvalue weighted by Crippen LogP contribution is 2.35. The SMILES string of the molecule is CCCCC(=O)CC(=O)c1ccc(C2CCC(C)CC2)cc1. The minimum atomic E-state index is -0.0371. The summed E-state index contributed by atoms with van der Waals surface area (Å²) >= 11 is 0. The van der Waals surface area contributed by atoms with E-state index in [-0.39, 0.29) is 18.0 Å². The lowest BCUT2D eigenvalue weighted by molar-refractivity contribution is -0.118. The van der Waals surface area contributed by atoms with Gasteiger partial charge in [-0.2, -0.15) is 0 Å². The molecule has 120 valence electrons. The van der Waals surface area contributed by atoms with Gasteiger partial charge >= 0.3 is 0 Å². The summed E-state index contributed by atoms with van der Waals surface area (Å²) in [5.74, 6) is 1.53. The van der Waals surface area contributed by atoms with Crippen molar-refractivity contribution in [3.05, 3.63) is 35.4 Å². The molecule has 0 radical (unpaired) electrons. The summed E-state index contributed by atoms with van der Waals surface area (Å²) in [7, 11) is 0. The van der Waals surface area contributed by atoms with Gasteiger partial charge in [0.25, 0.3) is 0 Å². The topological polar surface area (TPSA) is 34.1 Å². The van der Waals surface area contributed by atoms with Crippen molar-refractivity contribution in [2.24, 2.45) is 5.92 Å². The lowest BCUT2D eigenvalue weighted by atomic mass is 9.79. The summed E-state index contributed by atoms with van der Waals surface area (Å²) in [4.78, 5) is 23.8. The molecule has 0 atom stereocenters. The number of carbonyl (C=O) groups is 2. The highest BCUT2D eigenvalue weighted by atomic mass is 16.1. The minimum absolute atomic E-state index is 0.0371. The predicted octanol–water partition coefficient (Wildman–Crippen LogP) is 5.31. The van der Waals surface area contributed by atoms with Crippen molar-refractivity contribution in [2.45, 2.75) is 71.1 Å². The summed E-state index contributed by atoms with van der Waals surface area (Å²) < 4.78 is 0. The molecule has 1 aromatic carbocycles. The molecule has 1 saturated carbocycles. The zero-order valence-corrected chi connectivity index (χ0v) is 13.9. The molecule has 0 aliphatic heterocycles. The van der Waals surface area contributed by atoms with Gasteiger partial charge in [-0.3, -0.25) is 9.59 Å². The van der Waals surface area contributed by atoms with Crippen LogP contribution in [0.4, 0.5) is 0 Å². The van der Waals surface area contributed by atoms with E-state index in [4.69, 9.17) is 0 Å². The highest BCUT2D eigenvalue weighted by molar-refractivity contribution is 6.07. The molecule has 0 saturated heterocycles. The third-order valence-electron chi connectivity index (χ3n) is 4.89. The van der Waals surface area contributed by atoms with Crippen LogP contribution in [0.5, 0.6) is 0 Å². The van der Waals surface area contributed by atoms with Gasteiger partial charge in [0.05, 0.1) is 6.42 Å². The smallest absolute Gasteiger partial charge is 0.170 e. The summed E-state index contributed by atoms with van der Waals surface area (Å²) in [6.45, 7) is 4.38. The van der Waals surface area contributed by atoms with Gasteiger partial charge in [-0.05, 0) is 36.7 Å². The Morgan fingerprint density at radius 1 is 1.05 bits per heavy atom. The maximum atomic E-state index is 12.1. The standard InChI is InChI=1S/C20H28O2/c1-3-4-5-19(21)14-20(22)18-12-10-17(11-13-18)16-8-6-15(2)7-9-16/h10-13,15-16H,3-9,14H2,1-2H3. The monoisotopic (exact) mass is 300 g/mol. The van der Waals surface area contributed by atoms with E-state index in [1.165, 1.54) is 31.2 Å². The van der Waals surface area contributed by atoms with E-state index in [0.717, 1.165) is 18.8 Å². The Kier molecular flexibility index (Phi) is 6.35. The Hall–Kier alpha value is -1.44. The van der Waals surface area contributed by atoms with E-state index < -0.39 is 0 Å². The second-order valence-electron chi connectivity index (χ2n) is 6.82. The molecule has 1 aliphatic rings. The van der Waals surface area contributed by atoms with Crippen LogP contribution in [-0.2, 0) is 4.79 Å². The van der Waals surface area contributed by atoms with Gasteiger partial charge in [-0.25, -0.2) is 0 Å². The van der Waals surface area contributed by atoms with Crippen molar-refractivity contribution in [1.82, 2.24) is 0 Å². The number of hydrogen-bond acceptors (Lipinski definition) is 2. The van der Waals surface area contributed by atoms with Crippen molar-refractivity contribution in [3.8, 4) is 0 Å². The van der Waals surface area contributed by atoms with E-state index >= 15 is 0 Å². The van der Waals surface area contributed by atoms with Crippen LogP contribution in [0.15, 0.2) is 24.3 Å². The van der Waals surface area contributed by atoms with Crippen LogP contribution < -0.4 is 0 Å². The number of Topliss-reactive ketones (excluding diaryl/α,β-unsaturated/α-hetero) is 2. The normalized spacial score (nSPS) is 21.5. The molecule has 1 aromatic rings. The zero-order chi connectivity index (χ0) is 15.9. The van der Waals surface area contributed by atoms with Crippen LogP contribution in [0.2, 0.25) is 0 Å². The van der Waals surface area contributed by atoms with Crippen molar-refractivity contribution in [3.63, 3.8) is 0 Å². The summed E-state index contributed by atoms with van der Waals surface area (Å²) in [6.07, 6.45) is 7.57. The third-order valence-corrected chi connectivity index (χ3v) is 4.89. The Morgan fingerprint density at radius 3 is 2.27 bits per heavy atom. The fraction of sp³-hybridized carbons (Fsp3) is 0.600.